The van der Waals surface area contributed by atoms with E-state index in [2.05, 4.69) is 34.4 Å². The largest absolute Gasteiger partial charge is 0.465 e. The molecule has 1 heterocycles. The van der Waals surface area contributed by atoms with E-state index in [1.165, 1.54) is 24.0 Å². The maximum atomic E-state index is 11.4. The van der Waals surface area contributed by atoms with Crippen molar-refractivity contribution in [3.8, 4) is 0 Å². The second-order valence-electron chi connectivity index (χ2n) is 4.29. The summed E-state index contributed by atoms with van der Waals surface area (Å²) >= 11 is 6.57. The standard InChI is InChI=1S/C15H16N2O2S2/c1-3-10-5-4-6-11(9-10)16-15(20)17-13-8-7-12(21-13)14(18)19-2/h4-9H,3H2,1-2H3,(H2,16,17,20). The van der Waals surface area contributed by atoms with Gasteiger partial charge in [-0.25, -0.2) is 4.79 Å². The lowest BCUT2D eigenvalue weighted by atomic mass is 10.1. The zero-order valence-electron chi connectivity index (χ0n) is 11.8. The van der Waals surface area contributed by atoms with E-state index in [-0.39, 0.29) is 5.97 Å². The van der Waals surface area contributed by atoms with Crippen molar-refractivity contribution < 1.29 is 9.53 Å². The van der Waals surface area contributed by atoms with Gasteiger partial charge in [-0.1, -0.05) is 19.1 Å². The first-order valence-corrected chi connectivity index (χ1v) is 7.70. The summed E-state index contributed by atoms with van der Waals surface area (Å²) in [5.41, 5.74) is 2.18. The van der Waals surface area contributed by atoms with Gasteiger partial charge in [-0.3, -0.25) is 0 Å². The Kier molecular flexibility index (Phi) is 5.30. The summed E-state index contributed by atoms with van der Waals surface area (Å²) in [6, 6.07) is 11.6. The van der Waals surface area contributed by atoms with Crippen LogP contribution in [-0.2, 0) is 11.2 Å². The lowest BCUT2D eigenvalue weighted by Crippen LogP contribution is -2.18. The SMILES string of the molecule is CCc1cccc(NC(=S)Nc2ccc(C(=O)OC)s2)c1. The van der Waals surface area contributed by atoms with E-state index >= 15 is 0 Å². The molecule has 1 aromatic heterocycles. The van der Waals surface area contributed by atoms with Crippen LogP contribution >= 0.6 is 23.6 Å². The molecule has 0 saturated carbocycles. The van der Waals surface area contributed by atoms with Gasteiger partial charge in [-0.2, -0.15) is 0 Å². The Morgan fingerprint density at radius 2 is 2.10 bits per heavy atom. The zero-order valence-corrected chi connectivity index (χ0v) is 13.4. The van der Waals surface area contributed by atoms with Crippen molar-refractivity contribution in [2.75, 3.05) is 17.7 Å². The van der Waals surface area contributed by atoms with Crippen molar-refractivity contribution in [2.45, 2.75) is 13.3 Å². The maximum absolute atomic E-state index is 11.4. The van der Waals surface area contributed by atoms with Crippen molar-refractivity contribution in [3.05, 3.63) is 46.8 Å². The highest BCUT2D eigenvalue weighted by Crippen LogP contribution is 2.22. The normalized spacial score (nSPS) is 10.0. The molecular weight excluding hydrogens is 304 g/mol. The van der Waals surface area contributed by atoms with Gasteiger partial charge < -0.3 is 15.4 Å². The number of anilines is 2. The number of aryl methyl sites for hydroxylation is 1. The quantitative estimate of drug-likeness (QED) is 0.661. The molecule has 1 aromatic carbocycles. The lowest BCUT2D eigenvalue weighted by Gasteiger charge is -2.09. The minimum atomic E-state index is -0.345. The second kappa shape index (κ2) is 7.19. The fraction of sp³-hybridized carbons (Fsp3) is 0.200. The maximum Gasteiger partial charge on any atom is 0.348 e. The molecule has 0 amide bonds. The summed E-state index contributed by atoms with van der Waals surface area (Å²) in [5.74, 6) is -0.345. The van der Waals surface area contributed by atoms with Crippen molar-refractivity contribution in [2.24, 2.45) is 0 Å². The molecule has 0 spiro atoms. The average Bonchev–Trinajstić information content (AvgIpc) is 2.94. The molecule has 21 heavy (non-hydrogen) atoms. The van der Waals surface area contributed by atoms with Crippen LogP contribution in [0.4, 0.5) is 10.7 Å². The number of hydrogen-bond donors (Lipinski definition) is 2. The van der Waals surface area contributed by atoms with Crippen LogP contribution in [0, 0.1) is 0 Å². The fourth-order valence-electron chi connectivity index (χ4n) is 1.76. The molecule has 0 aliphatic carbocycles. The van der Waals surface area contributed by atoms with Crippen LogP contribution in [0.2, 0.25) is 0 Å². The van der Waals surface area contributed by atoms with Gasteiger partial charge >= 0.3 is 5.97 Å². The molecule has 0 bridgehead atoms. The molecule has 110 valence electrons. The van der Waals surface area contributed by atoms with E-state index in [0.717, 1.165) is 17.1 Å². The van der Waals surface area contributed by atoms with Gasteiger partial charge in [0.2, 0.25) is 0 Å². The molecule has 0 unspecified atom stereocenters. The molecule has 0 fully saturated rings. The first kappa shape index (κ1) is 15.5. The number of carbonyl (C=O) groups is 1. The molecule has 0 saturated heterocycles. The smallest absolute Gasteiger partial charge is 0.348 e. The minimum Gasteiger partial charge on any atom is -0.465 e. The number of nitrogens with one attached hydrogen (secondary N) is 2. The van der Waals surface area contributed by atoms with Crippen LogP contribution in [0.25, 0.3) is 0 Å². The summed E-state index contributed by atoms with van der Waals surface area (Å²) in [6.07, 6.45) is 0.975. The molecule has 2 aromatic rings. The molecule has 0 radical (unpaired) electrons. The average molecular weight is 320 g/mol. The number of esters is 1. The van der Waals surface area contributed by atoms with E-state index in [4.69, 9.17) is 12.2 Å². The summed E-state index contributed by atoms with van der Waals surface area (Å²) in [7, 11) is 1.36. The van der Waals surface area contributed by atoms with E-state index in [0.29, 0.717) is 9.99 Å². The molecule has 0 atom stereocenters. The van der Waals surface area contributed by atoms with E-state index in [9.17, 15) is 4.79 Å². The van der Waals surface area contributed by atoms with Crippen LogP contribution in [0.5, 0.6) is 0 Å². The van der Waals surface area contributed by atoms with Crippen LogP contribution in [0.15, 0.2) is 36.4 Å². The van der Waals surface area contributed by atoms with Crippen LogP contribution < -0.4 is 10.6 Å². The van der Waals surface area contributed by atoms with Gasteiger partial charge in [0.05, 0.1) is 12.1 Å². The summed E-state index contributed by atoms with van der Waals surface area (Å²) in [6.45, 7) is 2.11. The lowest BCUT2D eigenvalue weighted by molar-refractivity contribution is 0.0606. The van der Waals surface area contributed by atoms with Crippen molar-refractivity contribution in [3.63, 3.8) is 0 Å². The summed E-state index contributed by atoms with van der Waals surface area (Å²) < 4.78 is 4.67. The van der Waals surface area contributed by atoms with Crippen LogP contribution in [-0.4, -0.2) is 18.2 Å². The number of thiocarbonyl (C=S) groups is 1. The third-order valence-electron chi connectivity index (χ3n) is 2.82. The molecule has 4 nitrogen and oxygen atoms in total. The second-order valence-corrected chi connectivity index (χ2v) is 5.78. The zero-order chi connectivity index (χ0) is 15.2. The highest BCUT2D eigenvalue weighted by molar-refractivity contribution is 7.80. The molecular formula is C15H16N2O2S2. The number of methoxy groups -OCH3 is 1. The van der Waals surface area contributed by atoms with Gasteiger partial charge in [0.15, 0.2) is 5.11 Å². The Balaban J connectivity index is 1.98. The van der Waals surface area contributed by atoms with E-state index in [1.807, 2.05) is 12.1 Å². The molecule has 2 rings (SSSR count). The number of hydrogen-bond acceptors (Lipinski definition) is 4. The summed E-state index contributed by atoms with van der Waals surface area (Å²) in [4.78, 5) is 11.9. The first-order chi connectivity index (χ1) is 10.1. The van der Waals surface area contributed by atoms with Crippen molar-refractivity contribution in [1.29, 1.82) is 0 Å². The molecule has 2 N–H and O–H groups in total. The van der Waals surface area contributed by atoms with E-state index < -0.39 is 0 Å². The highest BCUT2D eigenvalue weighted by atomic mass is 32.1. The minimum absolute atomic E-state index is 0.345. The van der Waals surface area contributed by atoms with E-state index in [1.54, 1.807) is 12.1 Å². The third kappa shape index (κ3) is 4.27. The number of ether oxygens (including phenoxy) is 1. The number of rotatable bonds is 4. The summed E-state index contributed by atoms with van der Waals surface area (Å²) in [5, 5.41) is 7.47. The monoisotopic (exact) mass is 320 g/mol. The number of thiophene rings is 1. The topological polar surface area (TPSA) is 50.4 Å². The predicted molar refractivity (Wildman–Crippen MR) is 91.3 cm³/mol. The molecule has 0 aliphatic rings. The Morgan fingerprint density at radius 1 is 1.29 bits per heavy atom. The van der Waals surface area contributed by atoms with Crippen molar-refractivity contribution >= 4 is 45.3 Å². The van der Waals surface area contributed by atoms with Crippen molar-refractivity contribution in [1.82, 2.24) is 0 Å². The van der Waals surface area contributed by atoms with Gasteiger partial charge in [0.1, 0.15) is 4.88 Å². The van der Waals surface area contributed by atoms with Gasteiger partial charge in [-0.15, -0.1) is 11.3 Å². The van der Waals surface area contributed by atoms with Crippen LogP contribution in [0.3, 0.4) is 0 Å². The first-order valence-electron chi connectivity index (χ1n) is 6.47. The highest BCUT2D eigenvalue weighted by Gasteiger charge is 2.09. The fourth-order valence-corrected chi connectivity index (χ4v) is 2.88. The molecule has 6 heteroatoms. The van der Waals surface area contributed by atoms with Gasteiger partial charge in [-0.05, 0) is 48.5 Å². The Bertz CT molecular complexity index is 653. The number of carbonyl (C=O) groups excluding carboxylic acids is 1. The van der Waals surface area contributed by atoms with Gasteiger partial charge in [0.25, 0.3) is 0 Å². The number of benzene rings is 1. The van der Waals surface area contributed by atoms with Gasteiger partial charge in [0, 0.05) is 5.69 Å². The predicted octanol–water partition coefficient (Wildman–Crippen LogP) is 3.91. The van der Waals surface area contributed by atoms with Crippen LogP contribution in [0.1, 0.15) is 22.2 Å². The Hall–Kier alpha value is -1.92. The Labute approximate surface area is 133 Å². The Morgan fingerprint density at radius 3 is 2.81 bits per heavy atom. The molecule has 0 aliphatic heterocycles. The third-order valence-corrected chi connectivity index (χ3v) is 4.01.